The van der Waals surface area contributed by atoms with E-state index in [1.807, 2.05) is 0 Å². The van der Waals surface area contributed by atoms with E-state index in [4.69, 9.17) is 5.11 Å². The number of nitrogens with one attached hydrogen (secondary N) is 2. The molecular weight excluding hydrogens is 196 g/mol. The van der Waals surface area contributed by atoms with Gasteiger partial charge in [0.05, 0.1) is 24.7 Å². The van der Waals surface area contributed by atoms with Crippen molar-refractivity contribution in [3.05, 3.63) is 11.8 Å². The number of dihydropyridines is 1. The van der Waals surface area contributed by atoms with E-state index in [-0.39, 0.29) is 0 Å². The standard InChI is InChI=1S/C9H12N4O2/c14-8(15)6-3-7(5-10-4-6)13-9-11-1-2-12-9/h3,5-6H,1-2,4H2,(H,14,15)(H2,11,12,13). The lowest BCUT2D eigenvalue weighted by Crippen LogP contribution is -2.35. The maximum Gasteiger partial charge on any atom is 0.312 e. The Morgan fingerprint density at radius 3 is 3.20 bits per heavy atom. The van der Waals surface area contributed by atoms with Gasteiger partial charge in [-0.05, 0) is 6.08 Å². The average Bonchev–Trinajstić information content (AvgIpc) is 2.71. The molecule has 0 spiro atoms. The van der Waals surface area contributed by atoms with Crippen LogP contribution in [0.15, 0.2) is 21.8 Å². The van der Waals surface area contributed by atoms with Gasteiger partial charge in [0.2, 0.25) is 0 Å². The molecule has 1 atom stereocenters. The number of hydrogen-bond acceptors (Lipinski definition) is 5. The highest BCUT2D eigenvalue weighted by Crippen LogP contribution is 2.07. The van der Waals surface area contributed by atoms with E-state index in [1.54, 1.807) is 12.3 Å². The molecule has 0 aromatic rings. The number of carbonyl (C=O) groups is 1. The van der Waals surface area contributed by atoms with Crippen LogP contribution in [0.1, 0.15) is 0 Å². The van der Waals surface area contributed by atoms with E-state index in [9.17, 15) is 4.79 Å². The Hall–Kier alpha value is -1.85. The van der Waals surface area contributed by atoms with E-state index in [0.717, 1.165) is 13.1 Å². The third kappa shape index (κ3) is 2.34. The summed E-state index contributed by atoms with van der Waals surface area (Å²) in [7, 11) is 0. The minimum atomic E-state index is -0.854. The molecule has 80 valence electrons. The van der Waals surface area contributed by atoms with Crippen molar-refractivity contribution in [3.63, 3.8) is 0 Å². The molecule has 1 unspecified atom stereocenters. The normalized spacial score (nSPS) is 24.1. The summed E-state index contributed by atoms with van der Waals surface area (Å²) in [6.45, 7) is 1.87. The van der Waals surface area contributed by atoms with Crippen LogP contribution in [0.3, 0.4) is 0 Å². The Kier molecular flexibility index (Phi) is 2.66. The first-order valence-electron chi connectivity index (χ1n) is 4.75. The monoisotopic (exact) mass is 208 g/mol. The maximum atomic E-state index is 10.7. The van der Waals surface area contributed by atoms with Crippen molar-refractivity contribution in [1.29, 1.82) is 0 Å². The molecule has 3 N–H and O–H groups in total. The molecule has 0 radical (unpaired) electrons. The second-order valence-corrected chi connectivity index (χ2v) is 3.34. The summed E-state index contributed by atoms with van der Waals surface area (Å²) in [5.74, 6) is -0.717. The van der Waals surface area contributed by atoms with Crippen LogP contribution in [-0.4, -0.2) is 42.9 Å². The molecular formula is C9H12N4O2. The number of allylic oxidation sites excluding steroid dienone is 1. The summed E-state index contributed by atoms with van der Waals surface area (Å²) >= 11 is 0. The zero-order valence-corrected chi connectivity index (χ0v) is 8.10. The van der Waals surface area contributed by atoms with E-state index in [0.29, 0.717) is 18.2 Å². The number of aliphatic carboxylic acids is 1. The summed E-state index contributed by atoms with van der Waals surface area (Å²) in [4.78, 5) is 18.9. The van der Waals surface area contributed by atoms with Crippen molar-refractivity contribution in [2.75, 3.05) is 19.6 Å². The van der Waals surface area contributed by atoms with Crippen molar-refractivity contribution in [1.82, 2.24) is 10.6 Å². The lowest BCUT2D eigenvalue weighted by atomic mass is 10.1. The van der Waals surface area contributed by atoms with Gasteiger partial charge in [-0.3, -0.25) is 14.8 Å². The summed E-state index contributed by atoms with van der Waals surface area (Å²) in [6, 6.07) is 0. The first kappa shape index (κ1) is 9.70. The molecule has 0 saturated heterocycles. The smallest absolute Gasteiger partial charge is 0.312 e. The van der Waals surface area contributed by atoms with Crippen LogP contribution in [0.2, 0.25) is 0 Å². The van der Waals surface area contributed by atoms with Crippen LogP contribution in [-0.2, 0) is 4.79 Å². The molecule has 6 nitrogen and oxygen atoms in total. The summed E-state index contributed by atoms with van der Waals surface area (Å²) in [6.07, 6.45) is 3.28. The van der Waals surface area contributed by atoms with Gasteiger partial charge in [0.25, 0.3) is 0 Å². The highest BCUT2D eigenvalue weighted by Gasteiger charge is 2.18. The molecule has 0 saturated carbocycles. The van der Waals surface area contributed by atoms with Crippen molar-refractivity contribution in [2.24, 2.45) is 15.9 Å². The average molecular weight is 208 g/mol. The van der Waals surface area contributed by atoms with Gasteiger partial charge in [0.15, 0.2) is 5.96 Å². The van der Waals surface area contributed by atoms with E-state index in [1.165, 1.54) is 0 Å². The molecule has 15 heavy (non-hydrogen) atoms. The van der Waals surface area contributed by atoms with Crippen LogP contribution in [0, 0.1) is 5.92 Å². The molecule has 2 aliphatic heterocycles. The predicted molar refractivity (Wildman–Crippen MR) is 56.0 cm³/mol. The molecule has 0 aromatic heterocycles. The van der Waals surface area contributed by atoms with Crippen molar-refractivity contribution in [2.45, 2.75) is 0 Å². The Bertz CT molecular complexity index is 359. The van der Waals surface area contributed by atoms with E-state index in [2.05, 4.69) is 20.6 Å². The lowest BCUT2D eigenvalue weighted by Gasteiger charge is -2.13. The van der Waals surface area contributed by atoms with Crippen molar-refractivity contribution < 1.29 is 9.90 Å². The van der Waals surface area contributed by atoms with Crippen LogP contribution in [0.25, 0.3) is 0 Å². The zero-order valence-electron chi connectivity index (χ0n) is 8.10. The van der Waals surface area contributed by atoms with Gasteiger partial charge >= 0.3 is 5.97 Å². The Labute approximate surface area is 86.8 Å². The number of rotatable bonds is 2. The fourth-order valence-corrected chi connectivity index (χ4v) is 1.42. The molecule has 6 heteroatoms. The number of guanidine groups is 1. The largest absolute Gasteiger partial charge is 0.481 e. The minimum Gasteiger partial charge on any atom is -0.481 e. The molecule has 0 aliphatic carbocycles. The quantitative estimate of drug-likeness (QED) is 0.554. The van der Waals surface area contributed by atoms with Crippen molar-refractivity contribution in [3.8, 4) is 0 Å². The van der Waals surface area contributed by atoms with Crippen molar-refractivity contribution >= 4 is 18.1 Å². The van der Waals surface area contributed by atoms with E-state index >= 15 is 0 Å². The topological polar surface area (TPSA) is 86.1 Å². The first-order valence-corrected chi connectivity index (χ1v) is 4.75. The summed E-state index contributed by atoms with van der Waals surface area (Å²) in [5.41, 5.74) is 0.682. The second-order valence-electron chi connectivity index (χ2n) is 3.34. The molecule has 2 aliphatic rings. The minimum absolute atomic E-state index is 0.306. The lowest BCUT2D eigenvalue weighted by molar-refractivity contribution is -0.139. The van der Waals surface area contributed by atoms with Gasteiger partial charge in [0.1, 0.15) is 0 Å². The van der Waals surface area contributed by atoms with E-state index < -0.39 is 11.9 Å². The number of aliphatic imine (C=N–C) groups is 2. The van der Waals surface area contributed by atoms with Crippen LogP contribution in [0.4, 0.5) is 0 Å². The molecule has 2 heterocycles. The SMILES string of the molecule is O=C(O)C1C=C(NC2=NCCN2)C=NC1. The molecule has 0 aromatic carbocycles. The van der Waals surface area contributed by atoms with Gasteiger partial charge in [-0.1, -0.05) is 0 Å². The molecule has 0 fully saturated rings. The number of carboxylic acid groups (broad SMARTS) is 1. The van der Waals surface area contributed by atoms with Gasteiger partial charge in [-0.15, -0.1) is 0 Å². The number of carboxylic acids is 1. The fraction of sp³-hybridized carbons (Fsp3) is 0.444. The fourth-order valence-electron chi connectivity index (χ4n) is 1.42. The number of hydrogen-bond donors (Lipinski definition) is 3. The number of nitrogens with zero attached hydrogens (tertiary/aromatic N) is 2. The zero-order chi connectivity index (χ0) is 10.7. The van der Waals surface area contributed by atoms with Gasteiger partial charge in [-0.2, -0.15) is 0 Å². The summed E-state index contributed by atoms with van der Waals surface area (Å²) < 4.78 is 0. The maximum absolute atomic E-state index is 10.7. The predicted octanol–water partition coefficient (Wildman–Crippen LogP) is -0.796. The van der Waals surface area contributed by atoms with Gasteiger partial charge in [0, 0.05) is 12.8 Å². The third-order valence-electron chi connectivity index (χ3n) is 2.17. The third-order valence-corrected chi connectivity index (χ3v) is 2.17. The molecule has 0 amide bonds. The Balaban J connectivity index is 2.01. The van der Waals surface area contributed by atoms with Crippen LogP contribution < -0.4 is 10.6 Å². The Morgan fingerprint density at radius 1 is 1.67 bits per heavy atom. The van der Waals surface area contributed by atoms with Gasteiger partial charge < -0.3 is 15.7 Å². The van der Waals surface area contributed by atoms with Crippen LogP contribution in [0.5, 0.6) is 0 Å². The van der Waals surface area contributed by atoms with Crippen LogP contribution >= 0.6 is 0 Å². The molecule has 0 bridgehead atoms. The second kappa shape index (κ2) is 4.12. The van der Waals surface area contributed by atoms with Gasteiger partial charge in [-0.25, -0.2) is 0 Å². The summed E-state index contributed by atoms with van der Waals surface area (Å²) in [5, 5.41) is 14.9. The highest BCUT2D eigenvalue weighted by molar-refractivity contribution is 5.92. The first-order chi connectivity index (χ1) is 7.25. The molecule has 2 rings (SSSR count). The highest BCUT2D eigenvalue weighted by atomic mass is 16.4. The Morgan fingerprint density at radius 2 is 2.53 bits per heavy atom.